The largest absolute Gasteiger partial charge is 0.372 e. The average molecular weight is 343 g/mol. The van der Waals surface area contributed by atoms with Gasteiger partial charge in [-0.15, -0.1) is 0 Å². The summed E-state index contributed by atoms with van der Waals surface area (Å²) in [5, 5.41) is 30.3. The Bertz CT molecular complexity index is 858. The van der Waals surface area contributed by atoms with Crippen LogP contribution in [0.5, 0.6) is 0 Å². The molecule has 0 amide bonds. The van der Waals surface area contributed by atoms with E-state index in [-0.39, 0.29) is 6.04 Å². The van der Waals surface area contributed by atoms with E-state index in [9.17, 15) is 10.2 Å². The smallest absolute Gasteiger partial charge is 0.264 e. The van der Waals surface area contributed by atoms with Gasteiger partial charge in [0, 0.05) is 26.6 Å². The van der Waals surface area contributed by atoms with Gasteiger partial charge in [-0.1, -0.05) is 30.3 Å². The van der Waals surface area contributed by atoms with Crippen LogP contribution in [0.2, 0.25) is 0 Å². The normalized spacial score (nSPS) is 13.0. The topological polar surface area (TPSA) is 134 Å². The molecule has 0 fully saturated rings. The molecule has 25 heavy (non-hydrogen) atoms. The van der Waals surface area contributed by atoms with Gasteiger partial charge >= 0.3 is 0 Å². The van der Waals surface area contributed by atoms with E-state index in [1.54, 1.807) is 7.05 Å². The van der Waals surface area contributed by atoms with Crippen molar-refractivity contribution >= 4 is 22.8 Å². The van der Waals surface area contributed by atoms with Crippen LogP contribution in [0.3, 0.4) is 0 Å². The zero-order chi connectivity index (χ0) is 18.0. The summed E-state index contributed by atoms with van der Waals surface area (Å²) in [4.78, 5) is 8.71. The van der Waals surface area contributed by atoms with Gasteiger partial charge in [-0.3, -0.25) is 0 Å². The Hall–Kier alpha value is -2.75. The summed E-state index contributed by atoms with van der Waals surface area (Å²) >= 11 is 0. The molecule has 0 saturated heterocycles. The molecule has 3 rings (SSSR count). The van der Waals surface area contributed by atoms with Crippen LogP contribution >= 0.6 is 0 Å². The molecule has 132 valence electrons. The van der Waals surface area contributed by atoms with Crippen molar-refractivity contribution in [3.63, 3.8) is 0 Å². The lowest BCUT2D eigenvalue weighted by Gasteiger charge is -2.17. The fourth-order valence-corrected chi connectivity index (χ4v) is 2.51. The number of rotatable bonds is 6. The molecular formula is C16H21N7O2. The highest BCUT2D eigenvalue weighted by atomic mass is 16.5. The molecule has 0 aliphatic carbocycles. The number of hydrogen-bond donors (Lipinski definition) is 5. The summed E-state index contributed by atoms with van der Waals surface area (Å²) in [5.41, 5.74) is 7.46. The predicted octanol–water partition coefficient (Wildman–Crippen LogP) is 0.595. The van der Waals surface area contributed by atoms with Crippen molar-refractivity contribution in [3.8, 4) is 0 Å². The summed E-state index contributed by atoms with van der Waals surface area (Å²) in [6, 6.07) is 9.46. The number of aliphatic hydroxyl groups is 2. The maximum atomic E-state index is 9.83. The Morgan fingerprint density at radius 1 is 1.24 bits per heavy atom. The molecule has 0 radical (unpaired) electrons. The maximum absolute atomic E-state index is 9.83. The van der Waals surface area contributed by atoms with E-state index >= 15 is 0 Å². The molecule has 9 heteroatoms. The lowest BCUT2D eigenvalue weighted by molar-refractivity contribution is -0.217. The first-order valence-corrected chi connectivity index (χ1v) is 7.83. The fourth-order valence-electron chi connectivity index (χ4n) is 2.51. The number of fused-ring (bicyclic) bond motifs is 1. The zero-order valence-corrected chi connectivity index (χ0v) is 14.0. The molecule has 0 aliphatic heterocycles. The molecule has 1 aromatic carbocycles. The van der Waals surface area contributed by atoms with E-state index < -0.39 is 5.91 Å². The van der Waals surface area contributed by atoms with Crippen LogP contribution in [-0.4, -0.2) is 43.6 Å². The fraction of sp³-hybridized carbons (Fsp3) is 0.312. The molecule has 1 atom stereocenters. The van der Waals surface area contributed by atoms with Crippen molar-refractivity contribution in [3.05, 3.63) is 42.1 Å². The van der Waals surface area contributed by atoms with Crippen molar-refractivity contribution in [1.29, 1.82) is 0 Å². The highest BCUT2D eigenvalue weighted by Crippen LogP contribution is 2.24. The third-order valence-electron chi connectivity index (χ3n) is 3.77. The molecule has 0 aliphatic rings. The first-order chi connectivity index (χ1) is 11.9. The van der Waals surface area contributed by atoms with Gasteiger partial charge < -0.3 is 26.6 Å². The zero-order valence-electron chi connectivity index (χ0n) is 14.0. The van der Waals surface area contributed by atoms with Crippen LogP contribution in [0.25, 0.3) is 11.0 Å². The number of benzene rings is 1. The molecular weight excluding hydrogens is 322 g/mol. The third-order valence-corrected chi connectivity index (χ3v) is 3.77. The van der Waals surface area contributed by atoms with E-state index in [0.29, 0.717) is 29.3 Å². The standard InChI is InChI=1S/C16H21N7O2/c1-16(24,25)23-14-11(8-20-23)13(18-2)21-15(22-14)19-9-12(17)10-6-4-3-5-7-10/h3-8,12,24-25H,9,17H2,1-2H3,(H2,18,19,21,22). The number of aromatic nitrogens is 4. The minimum Gasteiger partial charge on any atom is -0.372 e. The summed E-state index contributed by atoms with van der Waals surface area (Å²) in [6.45, 7) is 1.63. The van der Waals surface area contributed by atoms with Gasteiger partial charge in [-0.25, -0.2) is 0 Å². The second-order valence-electron chi connectivity index (χ2n) is 5.81. The first kappa shape index (κ1) is 17.1. The Morgan fingerprint density at radius 2 is 1.96 bits per heavy atom. The van der Waals surface area contributed by atoms with Crippen LogP contribution in [0, 0.1) is 0 Å². The van der Waals surface area contributed by atoms with E-state index in [2.05, 4.69) is 25.7 Å². The Balaban J connectivity index is 1.89. The van der Waals surface area contributed by atoms with Crippen molar-refractivity contribution < 1.29 is 10.2 Å². The quantitative estimate of drug-likeness (QED) is 0.411. The Labute approximate surface area is 144 Å². The lowest BCUT2D eigenvalue weighted by Crippen LogP contribution is -2.30. The van der Waals surface area contributed by atoms with Crippen LogP contribution < -0.4 is 16.4 Å². The minimum absolute atomic E-state index is 0.232. The van der Waals surface area contributed by atoms with Crippen molar-refractivity contribution in [2.75, 3.05) is 24.2 Å². The number of anilines is 2. The van der Waals surface area contributed by atoms with Crippen LogP contribution in [-0.2, 0) is 5.91 Å². The van der Waals surface area contributed by atoms with Crippen molar-refractivity contribution in [2.45, 2.75) is 18.9 Å². The highest BCUT2D eigenvalue weighted by Gasteiger charge is 2.24. The van der Waals surface area contributed by atoms with Gasteiger partial charge in [0.05, 0.1) is 11.6 Å². The SMILES string of the molecule is CNc1nc(NCC(N)c2ccccc2)nc2c1cnn2C(C)(O)O. The van der Waals surface area contributed by atoms with Crippen LogP contribution in [0.1, 0.15) is 18.5 Å². The molecule has 9 nitrogen and oxygen atoms in total. The van der Waals surface area contributed by atoms with Gasteiger partial charge in [0.1, 0.15) is 5.82 Å². The molecule has 2 aromatic heterocycles. The van der Waals surface area contributed by atoms with Gasteiger partial charge in [0.25, 0.3) is 5.91 Å². The average Bonchev–Trinajstić information content (AvgIpc) is 3.04. The van der Waals surface area contributed by atoms with Crippen molar-refractivity contribution in [1.82, 2.24) is 19.7 Å². The molecule has 0 saturated carbocycles. The molecule has 3 aromatic rings. The van der Waals surface area contributed by atoms with Gasteiger partial charge in [0.15, 0.2) is 5.65 Å². The van der Waals surface area contributed by atoms with Gasteiger partial charge in [-0.2, -0.15) is 19.7 Å². The number of nitrogens with zero attached hydrogens (tertiary/aromatic N) is 4. The molecule has 2 heterocycles. The van der Waals surface area contributed by atoms with E-state index in [0.717, 1.165) is 10.2 Å². The maximum Gasteiger partial charge on any atom is 0.264 e. The summed E-state index contributed by atoms with van der Waals surface area (Å²) in [5.74, 6) is -1.33. The highest BCUT2D eigenvalue weighted by molar-refractivity contribution is 5.87. The minimum atomic E-state index is -2.17. The summed E-state index contributed by atoms with van der Waals surface area (Å²) < 4.78 is 1.02. The first-order valence-electron chi connectivity index (χ1n) is 7.83. The molecule has 6 N–H and O–H groups in total. The number of nitrogens with two attached hydrogens (primary N) is 1. The van der Waals surface area contributed by atoms with Crippen LogP contribution in [0.15, 0.2) is 36.5 Å². The van der Waals surface area contributed by atoms with E-state index in [4.69, 9.17) is 5.73 Å². The molecule has 0 bridgehead atoms. The van der Waals surface area contributed by atoms with Crippen molar-refractivity contribution in [2.24, 2.45) is 5.73 Å². The summed E-state index contributed by atoms with van der Waals surface area (Å²) in [6.07, 6.45) is 1.48. The van der Waals surface area contributed by atoms with Gasteiger partial charge in [-0.05, 0) is 5.56 Å². The predicted molar refractivity (Wildman–Crippen MR) is 94.8 cm³/mol. The number of hydrogen-bond acceptors (Lipinski definition) is 8. The Kier molecular flexibility index (Phi) is 4.53. The summed E-state index contributed by atoms with van der Waals surface area (Å²) in [7, 11) is 1.72. The van der Waals surface area contributed by atoms with E-state index in [1.165, 1.54) is 13.1 Å². The molecule has 1 unspecified atom stereocenters. The van der Waals surface area contributed by atoms with E-state index in [1.807, 2.05) is 30.3 Å². The molecule has 0 spiro atoms. The Morgan fingerprint density at radius 3 is 2.60 bits per heavy atom. The van der Waals surface area contributed by atoms with Gasteiger partial charge in [0.2, 0.25) is 5.95 Å². The lowest BCUT2D eigenvalue weighted by atomic mass is 10.1. The monoisotopic (exact) mass is 343 g/mol. The number of nitrogens with one attached hydrogen (secondary N) is 2. The van der Waals surface area contributed by atoms with Crippen LogP contribution in [0.4, 0.5) is 11.8 Å². The second kappa shape index (κ2) is 6.63. The second-order valence-corrected chi connectivity index (χ2v) is 5.81. The third kappa shape index (κ3) is 3.53.